The molecule has 264 valence electrons. The smallest absolute Gasteiger partial charge is 0.185 e. The molecule has 11 heteroatoms. The van der Waals surface area contributed by atoms with Crippen LogP contribution in [0.4, 0.5) is 5.82 Å². The highest BCUT2D eigenvalue weighted by Crippen LogP contribution is 2.39. The van der Waals surface area contributed by atoms with Gasteiger partial charge >= 0.3 is 0 Å². The summed E-state index contributed by atoms with van der Waals surface area (Å²) < 4.78 is 26.1. The van der Waals surface area contributed by atoms with Gasteiger partial charge < -0.3 is 33.9 Å². The van der Waals surface area contributed by atoms with Crippen LogP contribution >= 0.6 is 0 Å². The van der Waals surface area contributed by atoms with Crippen molar-refractivity contribution in [1.82, 2.24) is 24.7 Å². The first-order chi connectivity index (χ1) is 21.7. The molecule has 0 aromatic carbocycles. The number of aromatic nitrogens is 2. The Kier molecular flexibility index (Phi) is 13.3. The number of piperazine rings is 1. The minimum absolute atomic E-state index is 0.00991. The van der Waals surface area contributed by atoms with E-state index < -0.39 is 18.0 Å². The number of likely N-dealkylation sites (N-methyl/N-ethyl adjacent to an activating group) is 2. The maximum atomic E-state index is 11.4. The molecule has 0 radical (unpaired) electrons. The van der Waals surface area contributed by atoms with Crippen LogP contribution in [0, 0.1) is 17.3 Å². The van der Waals surface area contributed by atoms with Crippen molar-refractivity contribution in [2.45, 2.75) is 103 Å². The summed E-state index contributed by atoms with van der Waals surface area (Å²) >= 11 is 0. The summed E-state index contributed by atoms with van der Waals surface area (Å²) in [4.78, 5) is 18.0. The topological polar surface area (TPSA) is 95.9 Å². The zero-order chi connectivity index (χ0) is 33.6. The summed E-state index contributed by atoms with van der Waals surface area (Å²) in [5.74, 6) is 1.48. The summed E-state index contributed by atoms with van der Waals surface area (Å²) in [7, 11) is 8.07. The number of hydrogen-bond acceptors (Lipinski definition) is 11. The Bertz CT molecular complexity index is 1040. The summed E-state index contributed by atoms with van der Waals surface area (Å²) in [6.45, 7) is 20.5. The second-order valence-electron chi connectivity index (χ2n) is 15.8. The van der Waals surface area contributed by atoms with E-state index in [0.717, 1.165) is 64.3 Å². The van der Waals surface area contributed by atoms with Crippen molar-refractivity contribution in [3.63, 3.8) is 0 Å². The molecule has 1 aromatic heterocycles. The van der Waals surface area contributed by atoms with Crippen LogP contribution in [0.1, 0.15) is 60.8 Å². The zero-order valence-corrected chi connectivity index (χ0v) is 30.4. The van der Waals surface area contributed by atoms with Gasteiger partial charge in [-0.05, 0) is 77.6 Å². The van der Waals surface area contributed by atoms with Crippen LogP contribution in [-0.2, 0) is 18.9 Å². The van der Waals surface area contributed by atoms with E-state index in [1.54, 1.807) is 13.4 Å². The first-order valence-corrected chi connectivity index (χ1v) is 17.4. The molecule has 4 heterocycles. The average Bonchev–Trinajstić information content (AvgIpc) is 3.00. The third kappa shape index (κ3) is 9.81. The summed E-state index contributed by atoms with van der Waals surface area (Å²) in [6, 6.07) is 2.24. The third-order valence-electron chi connectivity index (χ3n) is 10.5. The van der Waals surface area contributed by atoms with Gasteiger partial charge in [0, 0.05) is 64.7 Å². The van der Waals surface area contributed by atoms with E-state index in [-0.39, 0.29) is 35.6 Å². The van der Waals surface area contributed by atoms with Gasteiger partial charge in [-0.15, -0.1) is 0 Å². The molecule has 1 aromatic rings. The fourth-order valence-corrected chi connectivity index (χ4v) is 8.15. The maximum absolute atomic E-state index is 11.4. The van der Waals surface area contributed by atoms with Gasteiger partial charge in [0.05, 0.1) is 31.0 Å². The molecule has 0 saturated carbocycles. The van der Waals surface area contributed by atoms with E-state index in [2.05, 4.69) is 78.2 Å². The lowest BCUT2D eigenvalue weighted by atomic mass is 9.75. The zero-order valence-electron chi connectivity index (χ0n) is 30.4. The normalized spacial score (nSPS) is 37.8. The molecule has 0 bridgehead atoms. The molecule has 3 aliphatic heterocycles. The molecule has 0 amide bonds. The SMILES string of the molecule is CO[C@]1(C)C[C@@H](C)CN(C)[C@H](CN2CCN(c3ccncn3)CC2)COCC(C)(C)C[C@@H](C)[C@H]1O[C@@H]1O[C@H](C)C[C@H](N(C)C)[C@H]1O. The van der Waals surface area contributed by atoms with Crippen molar-refractivity contribution in [1.29, 1.82) is 0 Å². The second kappa shape index (κ2) is 16.3. The predicted molar refractivity (Wildman–Crippen MR) is 182 cm³/mol. The van der Waals surface area contributed by atoms with Crippen molar-refractivity contribution >= 4 is 5.82 Å². The van der Waals surface area contributed by atoms with E-state index in [1.165, 1.54) is 0 Å². The highest BCUT2D eigenvalue weighted by atomic mass is 16.7. The van der Waals surface area contributed by atoms with Crippen LogP contribution < -0.4 is 4.90 Å². The van der Waals surface area contributed by atoms with E-state index in [9.17, 15) is 5.11 Å². The van der Waals surface area contributed by atoms with Crippen molar-refractivity contribution in [3.05, 3.63) is 18.6 Å². The molecule has 0 unspecified atom stereocenters. The van der Waals surface area contributed by atoms with Gasteiger partial charge in [-0.3, -0.25) is 9.80 Å². The van der Waals surface area contributed by atoms with Crippen LogP contribution in [0.15, 0.2) is 18.6 Å². The summed E-state index contributed by atoms with van der Waals surface area (Å²) in [5.41, 5.74) is -0.651. The van der Waals surface area contributed by atoms with Crippen molar-refractivity contribution in [3.8, 4) is 0 Å². The van der Waals surface area contributed by atoms with Gasteiger partial charge in [-0.2, -0.15) is 0 Å². The van der Waals surface area contributed by atoms with Gasteiger partial charge in [-0.25, -0.2) is 9.97 Å². The highest BCUT2D eigenvalue weighted by molar-refractivity contribution is 5.36. The highest BCUT2D eigenvalue weighted by Gasteiger charge is 2.47. The first-order valence-electron chi connectivity index (χ1n) is 17.4. The molecule has 4 rings (SSSR count). The van der Waals surface area contributed by atoms with Crippen molar-refractivity contribution in [2.75, 3.05) is 85.6 Å². The molecule has 1 N–H and O–H groups in total. The Morgan fingerprint density at radius 1 is 1.09 bits per heavy atom. The number of nitrogens with zero attached hydrogens (tertiary/aromatic N) is 6. The minimum Gasteiger partial charge on any atom is -0.386 e. The number of methoxy groups -OCH3 is 1. The van der Waals surface area contributed by atoms with Gasteiger partial charge in [0.1, 0.15) is 18.2 Å². The van der Waals surface area contributed by atoms with Gasteiger partial charge in [0.15, 0.2) is 6.29 Å². The van der Waals surface area contributed by atoms with Gasteiger partial charge in [0.25, 0.3) is 0 Å². The van der Waals surface area contributed by atoms with Gasteiger partial charge in [0.2, 0.25) is 0 Å². The first kappa shape index (κ1) is 37.4. The average molecular weight is 649 g/mol. The molecular weight excluding hydrogens is 584 g/mol. The number of ether oxygens (including phenoxy) is 4. The van der Waals surface area contributed by atoms with E-state index in [0.29, 0.717) is 19.1 Å². The monoisotopic (exact) mass is 648 g/mol. The Morgan fingerprint density at radius 2 is 1.80 bits per heavy atom. The van der Waals surface area contributed by atoms with Crippen LogP contribution in [0.5, 0.6) is 0 Å². The Hall–Kier alpha value is -1.44. The van der Waals surface area contributed by atoms with Crippen molar-refractivity contribution in [2.24, 2.45) is 17.3 Å². The number of rotatable bonds is 7. The van der Waals surface area contributed by atoms with Crippen LogP contribution in [0.3, 0.4) is 0 Å². The fraction of sp³-hybridized carbons (Fsp3) is 0.886. The molecule has 0 aliphatic carbocycles. The predicted octanol–water partition coefficient (Wildman–Crippen LogP) is 3.22. The quantitative estimate of drug-likeness (QED) is 0.472. The summed E-state index contributed by atoms with van der Waals surface area (Å²) in [6.07, 6.45) is 4.18. The van der Waals surface area contributed by atoms with E-state index >= 15 is 0 Å². The number of hydrogen-bond donors (Lipinski definition) is 1. The molecule has 3 saturated heterocycles. The van der Waals surface area contributed by atoms with E-state index in [1.807, 2.05) is 26.4 Å². The second-order valence-corrected chi connectivity index (χ2v) is 15.8. The molecule has 3 aliphatic rings. The van der Waals surface area contributed by atoms with Crippen LogP contribution in [0.25, 0.3) is 0 Å². The Morgan fingerprint density at radius 3 is 2.43 bits per heavy atom. The third-order valence-corrected chi connectivity index (χ3v) is 10.5. The van der Waals surface area contributed by atoms with Crippen LogP contribution in [-0.4, -0.2) is 153 Å². The molecule has 9 atom stereocenters. The minimum atomic E-state index is -0.743. The van der Waals surface area contributed by atoms with Gasteiger partial charge in [-0.1, -0.05) is 27.7 Å². The number of anilines is 1. The Labute approximate surface area is 278 Å². The fourth-order valence-electron chi connectivity index (χ4n) is 8.15. The Balaban J connectivity index is 1.49. The molecule has 3 fully saturated rings. The molecule has 46 heavy (non-hydrogen) atoms. The number of aliphatic hydroxyl groups is 1. The lowest BCUT2D eigenvalue weighted by Crippen LogP contribution is -2.58. The van der Waals surface area contributed by atoms with E-state index in [4.69, 9.17) is 18.9 Å². The van der Waals surface area contributed by atoms with Crippen molar-refractivity contribution < 1.29 is 24.1 Å². The lowest BCUT2D eigenvalue weighted by Gasteiger charge is -2.47. The molecular formula is C35H64N6O5. The maximum Gasteiger partial charge on any atom is 0.185 e. The standard InChI is InChI=1S/C35H64N6O5/c1-25-18-35(6,43-10)32(46-33-31(42)29(38(7)8)17-27(3)45-33)26(2)19-34(4,5)23-44-22-28(39(9)20-25)21-40-13-15-41(16-14-40)30-11-12-36-24-37-30/h11-12,24-29,31-33,42H,13-23H2,1-10H3/t25-,26-,27-,28-,29+,31-,32-,33+,35-/m1/s1. The largest absolute Gasteiger partial charge is 0.386 e. The molecule has 11 nitrogen and oxygen atoms in total. The summed E-state index contributed by atoms with van der Waals surface area (Å²) in [5, 5.41) is 11.4. The lowest BCUT2D eigenvalue weighted by molar-refractivity contribution is -0.298. The van der Waals surface area contributed by atoms with Crippen LogP contribution in [0.2, 0.25) is 0 Å². The number of aliphatic hydroxyl groups excluding tert-OH is 1. The molecule has 0 spiro atoms.